The van der Waals surface area contributed by atoms with Crippen molar-refractivity contribution in [2.24, 2.45) is 5.73 Å². The highest BCUT2D eigenvalue weighted by Gasteiger charge is 2.06. The number of thiazole rings is 1. The number of rotatable bonds is 4. The molecule has 19 heavy (non-hydrogen) atoms. The number of nitrogens with zero attached hydrogens (tertiary/aromatic N) is 1. The number of carbonyl (C=O) groups is 1. The summed E-state index contributed by atoms with van der Waals surface area (Å²) in [5.74, 6) is -0.405. The first-order chi connectivity index (χ1) is 9.17. The van der Waals surface area contributed by atoms with Crippen molar-refractivity contribution in [1.82, 2.24) is 4.98 Å². The molecule has 0 aliphatic carbocycles. The number of benzene rings is 1. The van der Waals surface area contributed by atoms with Gasteiger partial charge in [-0.1, -0.05) is 6.07 Å². The van der Waals surface area contributed by atoms with Gasteiger partial charge in [-0.05, 0) is 31.2 Å². The Morgan fingerprint density at radius 3 is 3.00 bits per heavy atom. The molecule has 0 fully saturated rings. The maximum Gasteiger partial charge on any atom is 0.325 e. The van der Waals surface area contributed by atoms with Gasteiger partial charge in [0.05, 0.1) is 0 Å². The van der Waals surface area contributed by atoms with E-state index in [1.807, 2.05) is 0 Å². The molecule has 100 valence electrons. The molecule has 2 aromatic rings. The molecule has 0 spiro atoms. The maximum atomic E-state index is 12.9. The minimum atomic E-state index is -0.459. The lowest BCUT2D eigenvalue weighted by molar-refractivity contribution is 0.262. The van der Waals surface area contributed by atoms with Gasteiger partial charge >= 0.3 is 6.03 Å². The van der Waals surface area contributed by atoms with Gasteiger partial charge in [0.15, 0.2) is 5.13 Å². The summed E-state index contributed by atoms with van der Waals surface area (Å²) >= 11 is 1.36. The van der Waals surface area contributed by atoms with Crippen LogP contribution in [-0.4, -0.2) is 17.6 Å². The van der Waals surface area contributed by atoms with Crippen molar-refractivity contribution in [3.63, 3.8) is 0 Å². The number of amides is 2. The van der Waals surface area contributed by atoms with Crippen LogP contribution >= 0.6 is 11.3 Å². The quantitative estimate of drug-likeness (QED) is 0.804. The van der Waals surface area contributed by atoms with E-state index in [1.54, 1.807) is 12.3 Å². The molecule has 0 saturated carbocycles. The molecule has 0 radical (unpaired) electrons. The van der Waals surface area contributed by atoms with Crippen LogP contribution < -0.4 is 16.4 Å². The van der Waals surface area contributed by atoms with Crippen molar-refractivity contribution in [1.29, 1.82) is 0 Å². The van der Waals surface area contributed by atoms with Crippen LogP contribution in [0.25, 0.3) is 0 Å². The van der Waals surface area contributed by atoms with Crippen molar-refractivity contribution in [2.75, 3.05) is 17.2 Å². The van der Waals surface area contributed by atoms with Gasteiger partial charge in [-0.25, -0.2) is 14.2 Å². The van der Waals surface area contributed by atoms with Crippen LogP contribution in [0.4, 0.5) is 20.0 Å². The first-order valence-corrected chi connectivity index (χ1v) is 6.47. The summed E-state index contributed by atoms with van der Waals surface area (Å²) < 4.78 is 12.9. The lowest BCUT2D eigenvalue weighted by atomic mass is 10.3. The summed E-state index contributed by atoms with van der Waals surface area (Å²) in [5, 5.41) is 5.59. The van der Waals surface area contributed by atoms with E-state index < -0.39 is 11.8 Å². The van der Waals surface area contributed by atoms with Crippen molar-refractivity contribution in [3.8, 4) is 0 Å². The number of nitrogens with one attached hydrogen (secondary N) is 2. The average Bonchev–Trinajstić information content (AvgIpc) is 2.77. The van der Waals surface area contributed by atoms with Gasteiger partial charge in [0.1, 0.15) is 5.82 Å². The fraction of sp³-hybridized carbons (Fsp3) is 0.167. The third kappa shape index (κ3) is 4.01. The molecule has 1 aromatic heterocycles. The summed E-state index contributed by atoms with van der Waals surface area (Å²) in [5.41, 5.74) is 5.82. The third-order valence-electron chi connectivity index (χ3n) is 2.25. The predicted octanol–water partition coefficient (Wildman–Crippen LogP) is 2.43. The minimum absolute atomic E-state index is 0.385. The molecular formula is C12H13FN4OS. The van der Waals surface area contributed by atoms with Crippen LogP contribution in [0.2, 0.25) is 0 Å². The zero-order valence-corrected chi connectivity index (χ0v) is 10.8. The first kappa shape index (κ1) is 13.4. The Balaban J connectivity index is 1.93. The average molecular weight is 280 g/mol. The van der Waals surface area contributed by atoms with Gasteiger partial charge in [0.2, 0.25) is 0 Å². The molecule has 0 bridgehead atoms. The summed E-state index contributed by atoms with van der Waals surface area (Å²) in [4.78, 5) is 16.7. The number of anilines is 2. The molecule has 7 heteroatoms. The van der Waals surface area contributed by atoms with Crippen LogP contribution in [0.15, 0.2) is 30.5 Å². The van der Waals surface area contributed by atoms with Gasteiger partial charge in [-0.2, -0.15) is 0 Å². The van der Waals surface area contributed by atoms with E-state index >= 15 is 0 Å². The Morgan fingerprint density at radius 1 is 1.42 bits per heavy atom. The number of urea groups is 1. The Kier molecular flexibility index (Phi) is 4.43. The Labute approximate surface area is 113 Å². The van der Waals surface area contributed by atoms with Crippen LogP contribution in [0.1, 0.15) is 4.88 Å². The standard InChI is InChI=1S/C12H13FN4OS/c13-8-2-1-3-9(6-8)16-11(18)17-12-15-7-10(19-12)4-5-14/h1-3,6-7H,4-5,14H2,(H2,15,16,17,18). The Morgan fingerprint density at radius 2 is 2.26 bits per heavy atom. The van der Waals surface area contributed by atoms with Crippen LogP contribution in [0, 0.1) is 5.82 Å². The largest absolute Gasteiger partial charge is 0.330 e. The third-order valence-corrected chi connectivity index (χ3v) is 3.22. The molecule has 5 nitrogen and oxygen atoms in total. The summed E-state index contributed by atoms with van der Waals surface area (Å²) in [6, 6.07) is 5.21. The number of aromatic nitrogens is 1. The Bertz CT molecular complexity index is 572. The number of carbonyl (C=O) groups excluding carboxylic acids is 1. The molecule has 4 N–H and O–H groups in total. The normalized spacial score (nSPS) is 10.2. The second-order valence-corrected chi connectivity index (χ2v) is 4.88. The summed E-state index contributed by atoms with van der Waals surface area (Å²) in [6.07, 6.45) is 2.40. The SMILES string of the molecule is NCCc1cnc(NC(=O)Nc2cccc(F)c2)s1. The summed E-state index contributed by atoms with van der Waals surface area (Å²) in [6.45, 7) is 0.539. The minimum Gasteiger partial charge on any atom is -0.330 e. The summed E-state index contributed by atoms with van der Waals surface area (Å²) in [7, 11) is 0. The topological polar surface area (TPSA) is 80.0 Å². The van der Waals surface area contributed by atoms with Gasteiger partial charge in [0.25, 0.3) is 0 Å². The lowest BCUT2D eigenvalue weighted by Crippen LogP contribution is -2.19. The maximum absolute atomic E-state index is 12.9. The van der Waals surface area contributed by atoms with Crippen LogP contribution in [-0.2, 0) is 6.42 Å². The van der Waals surface area contributed by atoms with Gasteiger partial charge in [0, 0.05) is 16.8 Å². The van der Waals surface area contributed by atoms with Crippen molar-refractivity contribution < 1.29 is 9.18 Å². The highest BCUT2D eigenvalue weighted by Crippen LogP contribution is 2.18. The van der Waals surface area contributed by atoms with E-state index in [9.17, 15) is 9.18 Å². The second-order valence-electron chi connectivity index (χ2n) is 3.76. The highest BCUT2D eigenvalue weighted by molar-refractivity contribution is 7.15. The van der Waals surface area contributed by atoms with E-state index in [2.05, 4.69) is 15.6 Å². The zero-order valence-electron chi connectivity index (χ0n) is 10.0. The molecule has 1 heterocycles. The van der Waals surface area contributed by atoms with E-state index in [1.165, 1.54) is 29.5 Å². The number of halogens is 1. The lowest BCUT2D eigenvalue weighted by Gasteiger charge is -2.04. The van der Waals surface area contributed by atoms with Gasteiger partial charge in [-0.3, -0.25) is 5.32 Å². The molecule has 0 saturated heterocycles. The monoisotopic (exact) mass is 280 g/mol. The molecule has 2 rings (SSSR count). The first-order valence-electron chi connectivity index (χ1n) is 5.66. The fourth-order valence-electron chi connectivity index (χ4n) is 1.45. The smallest absolute Gasteiger partial charge is 0.325 e. The van der Waals surface area contributed by atoms with Crippen molar-refractivity contribution in [3.05, 3.63) is 41.2 Å². The van der Waals surface area contributed by atoms with Crippen molar-refractivity contribution >= 4 is 28.2 Å². The van der Waals surface area contributed by atoms with Gasteiger partial charge < -0.3 is 11.1 Å². The number of nitrogens with two attached hydrogens (primary N) is 1. The van der Waals surface area contributed by atoms with E-state index in [-0.39, 0.29) is 0 Å². The van der Waals surface area contributed by atoms with Crippen LogP contribution in [0.3, 0.4) is 0 Å². The number of hydrogen-bond donors (Lipinski definition) is 3. The van der Waals surface area contributed by atoms with Gasteiger partial charge in [-0.15, -0.1) is 11.3 Å². The highest BCUT2D eigenvalue weighted by atomic mass is 32.1. The molecule has 0 aliphatic rings. The van der Waals surface area contributed by atoms with Crippen LogP contribution in [0.5, 0.6) is 0 Å². The zero-order chi connectivity index (χ0) is 13.7. The molecule has 0 atom stereocenters. The predicted molar refractivity (Wildman–Crippen MR) is 73.9 cm³/mol. The molecule has 0 aliphatic heterocycles. The van der Waals surface area contributed by atoms with E-state index in [4.69, 9.17) is 5.73 Å². The molecule has 2 amide bonds. The number of hydrogen-bond acceptors (Lipinski definition) is 4. The van der Waals surface area contributed by atoms with E-state index in [0.29, 0.717) is 17.4 Å². The fourth-order valence-corrected chi connectivity index (χ4v) is 2.27. The molecule has 1 aromatic carbocycles. The molecular weight excluding hydrogens is 267 g/mol. The van der Waals surface area contributed by atoms with E-state index in [0.717, 1.165) is 11.3 Å². The Hall–Kier alpha value is -1.99. The molecule has 0 unspecified atom stereocenters. The van der Waals surface area contributed by atoms with Crippen molar-refractivity contribution in [2.45, 2.75) is 6.42 Å². The second kappa shape index (κ2) is 6.26.